The van der Waals surface area contributed by atoms with Crippen molar-refractivity contribution in [1.29, 1.82) is 0 Å². The second-order valence-electron chi connectivity index (χ2n) is 4.52. The van der Waals surface area contributed by atoms with E-state index < -0.39 is 0 Å². The van der Waals surface area contributed by atoms with E-state index in [1.165, 1.54) is 0 Å². The van der Waals surface area contributed by atoms with Crippen molar-refractivity contribution >= 4 is 5.69 Å². The van der Waals surface area contributed by atoms with Crippen molar-refractivity contribution in [1.82, 2.24) is 4.98 Å². The molecule has 1 aromatic carbocycles. The summed E-state index contributed by atoms with van der Waals surface area (Å²) in [6, 6.07) is 9.27. The van der Waals surface area contributed by atoms with Crippen molar-refractivity contribution in [2.24, 2.45) is 0 Å². The fraction of sp³-hybridized carbons (Fsp3) is 0.267. The van der Waals surface area contributed by atoms with E-state index in [-0.39, 0.29) is 6.04 Å². The summed E-state index contributed by atoms with van der Waals surface area (Å²) in [5.41, 5.74) is 2.87. The molecule has 100 valence electrons. The Morgan fingerprint density at radius 3 is 2.68 bits per heavy atom. The number of ether oxygens (including phenoxy) is 1. The number of aromatic nitrogens is 1. The standard InChI is InChI=1S/C15H18N2O2/c1-10-4-6-14(18)13(8-10)11(2)17-12-5-7-15(19-3)16-9-12/h4-9,11,17-18H,1-3H3. The molecule has 2 rings (SSSR count). The first-order chi connectivity index (χ1) is 9.10. The third kappa shape index (κ3) is 3.16. The molecule has 2 aromatic rings. The molecule has 0 saturated carbocycles. The van der Waals surface area contributed by atoms with Crippen LogP contribution < -0.4 is 10.1 Å². The molecule has 0 aliphatic heterocycles. The van der Waals surface area contributed by atoms with Crippen LogP contribution in [0.15, 0.2) is 36.5 Å². The van der Waals surface area contributed by atoms with Gasteiger partial charge in [0.1, 0.15) is 5.75 Å². The quantitative estimate of drug-likeness (QED) is 0.883. The molecule has 1 aromatic heterocycles. The highest BCUT2D eigenvalue weighted by Crippen LogP contribution is 2.27. The molecule has 0 radical (unpaired) electrons. The summed E-state index contributed by atoms with van der Waals surface area (Å²) in [6.07, 6.45) is 1.71. The minimum Gasteiger partial charge on any atom is -0.508 e. The van der Waals surface area contributed by atoms with Crippen LogP contribution in [0, 0.1) is 6.92 Å². The van der Waals surface area contributed by atoms with Gasteiger partial charge in [0.2, 0.25) is 5.88 Å². The number of phenolic OH excluding ortho intramolecular Hbond substituents is 1. The fourth-order valence-corrected chi connectivity index (χ4v) is 1.93. The van der Waals surface area contributed by atoms with Gasteiger partial charge in [-0.05, 0) is 26.0 Å². The summed E-state index contributed by atoms with van der Waals surface area (Å²) in [6.45, 7) is 4.00. The lowest BCUT2D eigenvalue weighted by Gasteiger charge is -2.17. The largest absolute Gasteiger partial charge is 0.508 e. The molecule has 1 heterocycles. The van der Waals surface area contributed by atoms with Crippen LogP contribution in [-0.2, 0) is 0 Å². The van der Waals surface area contributed by atoms with Gasteiger partial charge in [0, 0.05) is 11.6 Å². The SMILES string of the molecule is COc1ccc(NC(C)c2cc(C)ccc2O)cn1. The highest BCUT2D eigenvalue weighted by Gasteiger charge is 2.10. The number of anilines is 1. The Morgan fingerprint density at radius 1 is 1.26 bits per heavy atom. The molecule has 4 heteroatoms. The normalized spacial score (nSPS) is 11.9. The third-order valence-electron chi connectivity index (χ3n) is 2.98. The van der Waals surface area contributed by atoms with E-state index in [2.05, 4.69) is 10.3 Å². The van der Waals surface area contributed by atoms with Gasteiger partial charge in [-0.1, -0.05) is 17.7 Å². The lowest BCUT2D eigenvalue weighted by molar-refractivity contribution is 0.398. The Kier molecular flexibility index (Phi) is 3.90. The van der Waals surface area contributed by atoms with Crippen LogP contribution in [-0.4, -0.2) is 17.2 Å². The van der Waals surface area contributed by atoms with Crippen LogP contribution in [0.5, 0.6) is 11.6 Å². The molecule has 1 unspecified atom stereocenters. The van der Waals surface area contributed by atoms with Gasteiger partial charge in [-0.25, -0.2) is 4.98 Å². The lowest BCUT2D eigenvalue weighted by atomic mass is 10.0. The minimum absolute atomic E-state index is 0.00454. The van der Waals surface area contributed by atoms with Gasteiger partial charge in [-0.15, -0.1) is 0 Å². The van der Waals surface area contributed by atoms with Crippen molar-refractivity contribution < 1.29 is 9.84 Å². The Hall–Kier alpha value is -2.23. The molecule has 19 heavy (non-hydrogen) atoms. The number of benzene rings is 1. The topological polar surface area (TPSA) is 54.4 Å². The number of hydrogen-bond acceptors (Lipinski definition) is 4. The van der Waals surface area contributed by atoms with E-state index in [4.69, 9.17) is 4.74 Å². The first-order valence-electron chi connectivity index (χ1n) is 6.16. The van der Waals surface area contributed by atoms with Crippen molar-refractivity contribution in [2.45, 2.75) is 19.9 Å². The summed E-state index contributed by atoms with van der Waals surface area (Å²) in [4.78, 5) is 4.14. The van der Waals surface area contributed by atoms with Crippen LogP contribution >= 0.6 is 0 Å². The zero-order valence-electron chi connectivity index (χ0n) is 11.3. The number of phenols is 1. The predicted molar refractivity (Wildman–Crippen MR) is 75.7 cm³/mol. The maximum atomic E-state index is 9.89. The van der Waals surface area contributed by atoms with Gasteiger partial charge in [-0.3, -0.25) is 0 Å². The van der Waals surface area contributed by atoms with Crippen LogP contribution in [0.2, 0.25) is 0 Å². The molecule has 0 spiro atoms. The van der Waals surface area contributed by atoms with Gasteiger partial charge < -0.3 is 15.2 Å². The molecule has 0 bridgehead atoms. The number of pyridine rings is 1. The molecule has 1 atom stereocenters. The second kappa shape index (κ2) is 5.61. The van der Waals surface area contributed by atoms with E-state index in [1.54, 1.807) is 25.4 Å². The number of hydrogen-bond donors (Lipinski definition) is 2. The highest BCUT2D eigenvalue weighted by molar-refractivity contribution is 5.47. The lowest BCUT2D eigenvalue weighted by Crippen LogP contribution is -2.07. The molecular weight excluding hydrogens is 240 g/mol. The van der Waals surface area contributed by atoms with E-state index in [0.29, 0.717) is 11.6 Å². The van der Waals surface area contributed by atoms with E-state index in [9.17, 15) is 5.11 Å². The van der Waals surface area contributed by atoms with Crippen molar-refractivity contribution in [3.8, 4) is 11.6 Å². The number of methoxy groups -OCH3 is 1. The summed E-state index contributed by atoms with van der Waals surface area (Å²) in [7, 11) is 1.59. The summed E-state index contributed by atoms with van der Waals surface area (Å²) in [5.74, 6) is 0.878. The zero-order valence-corrected chi connectivity index (χ0v) is 11.3. The number of aromatic hydroxyl groups is 1. The Balaban J connectivity index is 2.15. The fourth-order valence-electron chi connectivity index (χ4n) is 1.93. The van der Waals surface area contributed by atoms with Gasteiger partial charge >= 0.3 is 0 Å². The van der Waals surface area contributed by atoms with Gasteiger partial charge in [0.15, 0.2) is 0 Å². The maximum Gasteiger partial charge on any atom is 0.213 e. The Bertz CT molecular complexity index is 553. The average molecular weight is 258 g/mol. The third-order valence-corrected chi connectivity index (χ3v) is 2.98. The number of aryl methyl sites for hydroxylation is 1. The van der Waals surface area contributed by atoms with E-state index in [0.717, 1.165) is 16.8 Å². The molecule has 4 nitrogen and oxygen atoms in total. The van der Waals surface area contributed by atoms with Crippen LogP contribution in [0.25, 0.3) is 0 Å². The van der Waals surface area contributed by atoms with Crippen molar-refractivity contribution in [3.63, 3.8) is 0 Å². The van der Waals surface area contributed by atoms with Crippen LogP contribution in [0.3, 0.4) is 0 Å². The summed E-state index contributed by atoms with van der Waals surface area (Å²) < 4.78 is 5.01. The second-order valence-corrected chi connectivity index (χ2v) is 4.52. The monoisotopic (exact) mass is 258 g/mol. The molecule has 2 N–H and O–H groups in total. The van der Waals surface area contributed by atoms with Crippen molar-refractivity contribution in [3.05, 3.63) is 47.7 Å². The van der Waals surface area contributed by atoms with Gasteiger partial charge in [0.05, 0.1) is 25.0 Å². The molecule has 0 aliphatic rings. The molecule has 0 aliphatic carbocycles. The Morgan fingerprint density at radius 2 is 2.05 bits per heavy atom. The molecular formula is C15H18N2O2. The zero-order chi connectivity index (χ0) is 13.8. The smallest absolute Gasteiger partial charge is 0.213 e. The Labute approximate surface area is 113 Å². The van der Waals surface area contributed by atoms with E-state index in [1.807, 2.05) is 32.0 Å². The number of nitrogens with zero attached hydrogens (tertiary/aromatic N) is 1. The van der Waals surface area contributed by atoms with Gasteiger partial charge in [0.25, 0.3) is 0 Å². The van der Waals surface area contributed by atoms with Crippen LogP contribution in [0.1, 0.15) is 24.1 Å². The van der Waals surface area contributed by atoms with Crippen molar-refractivity contribution in [2.75, 3.05) is 12.4 Å². The van der Waals surface area contributed by atoms with E-state index >= 15 is 0 Å². The molecule has 0 amide bonds. The number of rotatable bonds is 4. The average Bonchev–Trinajstić information content (AvgIpc) is 2.42. The molecule has 0 saturated heterocycles. The highest BCUT2D eigenvalue weighted by atomic mass is 16.5. The van der Waals surface area contributed by atoms with Gasteiger partial charge in [-0.2, -0.15) is 0 Å². The summed E-state index contributed by atoms with van der Waals surface area (Å²) in [5, 5.41) is 13.2. The number of nitrogens with one attached hydrogen (secondary N) is 1. The first kappa shape index (κ1) is 13.2. The first-order valence-corrected chi connectivity index (χ1v) is 6.16. The predicted octanol–water partition coefficient (Wildman–Crippen LogP) is 3.28. The molecule has 0 fully saturated rings. The van der Waals surface area contributed by atoms with Crippen LogP contribution in [0.4, 0.5) is 5.69 Å². The summed E-state index contributed by atoms with van der Waals surface area (Å²) >= 11 is 0. The maximum absolute atomic E-state index is 9.89. The minimum atomic E-state index is -0.00454.